The van der Waals surface area contributed by atoms with E-state index in [1.807, 2.05) is 11.6 Å². The first kappa shape index (κ1) is 9.84. The number of nitrogens with zero attached hydrogens (tertiary/aromatic N) is 2. The molecule has 0 saturated heterocycles. The molecule has 2 rings (SSSR count). The second kappa shape index (κ2) is 3.81. The molecule has 1 saturated carbocycles. The molecule has 0 spiro atoms. The summed E-state index contributed by atoms with van der Waals surface area (Å²) >= 11 is 5.98. The molecule has 3 nitrogen and oxygen atoms in total. The Balaban J connectivity index is 2.12. The van der Waals surface area contributed by atoms with Crippen molar-refractivity contribution in [3.05, 3.63) is 10.7 Å². The second-order valence-electron chi connectivity index (χ2n) is 4.12. The molecule has 1 aliphatic carbocycles. The van der Waals surface area contributed by atoms with Gasteiger partial charge in [-0.05, 0) is 25.7 Å². The van der Waals surface area contributed by atoms with Gasteiger partial charge >= 0.3 is 0 Å². The van der Waals surface area contributed by atoms with Gasteiger partial charge in [0.05, 0.1) is 5.69 Å². The Bertz CT molecular complexity index is 326. The zero-order chi connectivity index (χ0) is 10.1. The average molecular weight is 214 g/mol. The average Bonchev–Trinajstić information content (AvgIpc) is 2.73. The van der Waals surface area contributed by atoms with Crippen molar-refractivity contribution in [3.63, 3.8) is 0 Å². The summed E-state index contributed by atoms with van der Waals surface area (Å²) in [6, 6.07) is 0. The SMILES string of the molecule is Cc1nn(CC2CCCC2)c(N)c1Cl. The van der Waals surface area contributed by atoms with Crippen LogP contribution in [0.1, 0.15) is 31.4 Å². The number of hydrogen-bond acceptors (Lipinski definition) is 2. The molecule has 1 fully saturated rings. The maximum absolute atomic E-state index is 5.98. The summed E-state index contributed by atoms with van der Waals surface area (Å²) < 4.78 is 1.85. The quantitative estimate of drug-likeness (QED) is 0.821. The second-order valence-corrected chi connectivity index (χ2v) is 4.50. The van der Waals surface area contributed by atoms with Gasteiger partial charge in [0.15, 0.2) is 0 Å². The van der Waals surface area contributed by atoms with Crippen molar-refractivity contribution < 1.29 is 0 Å². The van der Waals surface area contributed by atoms with Crippen molar-refractivity contribution in [1.29, 1.82) is 0 Å². The maximum atomic E-state index is 5.98. The summed E-state index contributed by atoms with van der Waals surface area (Å²) in [4.78, 5) is 0. The molecule has 0 unspecified atom stereocenters. The Morgan fingerprint density at radius 1 is 1.50 bits per heavy atom. The molecule has 0 amide bonds. The van der Waals surface area contributed by atoms with Crippen molar-refractivity contribution in [2.45, 2.75) is 39.2 Å². The standard InChI is InChI=1S/C10H16ClN3/c1-7-9(11)10(12)14(13-7)6-8-4-2-3-5-8/h8H,2-6,12H2,1H3. The molecular weight excluding hydrogens is 198 g/mol. The molecule has 14 heavy (non-hydrogen) atoms. The Morgan fingerprint density at radius 2 is 2.14 bits per heavy atom. The molecule has 4 heteroatoms. The van der Waals surface area contributed by atoms with Crippen LogP contribution in [-0.2, 0) is 6.54 Å². The number of rotatable bonds is 2. The van der Waals surface area contributed by atoms with Crippen LogP contribution in [0, 0.1) is 12.8 Å². The fraction of sp³-hybridized carbons (Fsp3) is 0.700. The lowest BCUT2D eigenvalue weighted by Crippen LogP contribution is -2.11. The lowest BCUT2D eigenvalue weighted by molar-refractivity contribution is 0.432. The van der Waals surface area contributed by atoms with E-state index in [4.69, 9.17) is 17.3 Å². The molecule has 0 radical (unpaired) electrons. The first-order valence-corrected chi connectivity index (χ1v) is 5.54. The van der Waals surface area contributed by atoms with E-state index in [2.05, 4.69) is 5.10 Å². The van der Waals surface area contributed by atoms with E-state index < -0.39 is 0 Å². The molecule has 1 aromatic heterocycles. The number of hydrogen-bond donors (Lipinski definition) is 1. The van der Waals surface area contributed by atoms with Gasteiger partial charge in [-0.3, -0.25) is 0 Å². The summed E-state index contributed by atoms with van der Waals surface area (Å²) in [5, 5.41) is 4.95. The van der Waals surface area contributed by atoms with E-state index >= 15 is 0 Å². The van der Waals surface area contributed by atoms with Gasteiger partial charge < -0.3 is 5.73 Å². The number of nitrogen functional groups attached to an aromatic ring is 1. The highest BCUT2D eigenvalue weighted by molar-refractivity contribution is 6.33. The molecule has 78 valence electrons. The zero-order valence-corrected chi connectivity index (χ0v) is 9.22. The van der Waals surface area contributed by atoms with Gasteiger partial charge in [-0.15, -0.1) is 0 Å². The predicted octanol–water partition coefficient (Wildman–Crippen LogP) is 2.62. The molecule has 0 atom stereocenters. The van der Waals surface area contributed by atoms with Crippen LogP contribution in [0.3, 0.4) is 0 Å². The van der Waals surface area contributed by atoms with Gasteiger partial charge in [0.1, 0.15) is 10.8 Å². The van der Waals surface area contributed by atoms with Crippen LogP contribution in [0.5, 0.6) is 0 Å². The summed E-state index contributed by atoms with van der Waals surface area (Å²) in [5.41, 5.74) is 6.69. The van der Waals surface area contributed by atoms with Crippen molar-refractivity contribution in [2.75, 3.05) is 5.73 Å². The van der Waals surface area contributed by atoms with E-state index in [1.165, 1.54) is 25.7 Å². The number of nitrogens with two attached hydrogens (primary N) is 1. The highest BCUT2D eigenvalue weighted by atomic mass is 35.5. The molecule has 0 bridgehead atoms. The lowest BCUT2D eigenvalue weighted by atomic mass is 10.1. The fourth-order valence-electron chi connectivity index (χ4n) is 2.15. The van der Waals surface area contributed by atoms with Crippen molar-refractivity contribution in [1.82, 2.24) is 9.78 Å². The van der Waals surface area contributed by atoms with Crippen LogP contribution in [0.2, 0.25) is 5.02 Å². The van der Waals surface area contributed by atoms with Crippen LogP contribution < -0.4 is 5.73 Å². The van der Waals surface area contributed by atoms with Gasteiger partial charge in [0.25, 0.3) is 0 Å². The van der Waals surface area contributed by atoms with E-state index in [1.54, 1.807) is 0 Å². The molecular formula is C10H16ClN3. The third-order valence-electron chi connectivity index (χ3n) is 3.00. The summed E-state index contributed by atoms with van der Waals surface area (Å²) in [7, 11) is 0. The molecule has 1 heterocycles. The minimum Gasteiger partial charge on any atom is -0.383 e. The predicted molar refractivity (Wildman–Crippen MR) is 58.3 cm³/mol. The van der Waals surface area contributed by atoms with Crippen LogP contribution in [-0.4, -0.2) is 9.78 Å². The van der Waals surface area contributed by atoms with Gasteiger partial charge in [-0.2, -0.15) is 5.10 Å². The van der Waals surface area contributed by atoms with Gasteiger partial charge in [-0.1, -0.05) is 24.4 Å². The molecule has 2 N–H and O–H groups in total. The highest BCUT2D eigenvalue weighted by Crippen LogP contribution is 2.29. The minimum atomic E-state index is 0.614. The van der Waals surface area contributed by atoms with Crippen LogP contribution in [0.4, 0.5) is 5.82 Å². The van der Waals surface area contributed by atoms with E-state index in [9.17, 15) is 0 Å². The highest BCUT2D eigenvalue weighted by Gasteiger charge is 2.18. The maximum Gasteiger partial charge on any atom is 0.140 e. The van der Waals surface area contributed by atoms with Crippen molar-refractivity contribution in [2.24, 2.45) is 5.92 Å². The smallest absolute Gasteiger partial charge is 0.140 e. The first-order chi connectivity index (χ1) is 6.68. The van der Waals surface area contributed by atoms with Crippen molar-refractivity contribution in [3.8, 4) is 0 Å². The zero-order valence-electron chi connectivity index (χ0n) is 8.46. The number of halogens is 1. The third kappa shape index (κ3) is 1.73. The third-order valence-corrected chi connectivity index (χ3v) is 3.46. The molecule has 0 aromatic carbocycles. The largest absolute Gasteiger partial charge is 0.383 e. The number of aromatic nitrogens is 2. The summed E-state index contributed by atoms with van der Waals surface area (Å²) in [5.74, 6) is 1.36. The minimum absolute atomic E-state index is 0.614. The normalized spacial score (nSPS) is 17.9. The molecule has 1 aliphatic rings. The Morgan fingerprint density at radius 3 is 2.64 bits per heavy atom. The summed E-state index contributed by atoms with van der Waals surface area (Å²) in [6.45, 7) is 2.82. The monoisotopic (exact) mass is 213 g/mol. The van der Waals surface area contributed by atoms with Gasteiger partial charge in [0, 0.05) is 6.54 Å². The van der Waals surface area contributed by atoms with Crippen molar-refractivity contribution >= 4 is 17.4 Å². The number of anilines is 1. The van der Waals surface area contributed by atoms with E-state index in [0.29, 0.717) is 10.8 Å². The molecule has 0 aliphatic heterocycles. The molecule has 1 aromatic rings. The first-order valence-electron chi connectivity index (χ1n) is 5.17. The summed E-state index contributed by atoms with van der Waals surface area (Å²) in [6.07, 6.45) is 5.29. The Hall–Kier alpha value is -0.700. The van der Waals surface area contributed by atoms with Crippen LogP contribution >= 0.6 is 11.6 Å². The van der Waals surface area contributed by atoms with Crippen LogP contribution in [0.15, 0.2) is 0 Å². The Labute approximate surface area is 89.2 Å². The van der Waals surface area contributed by atoms with Crippen LogP contribution in [0.25, 0.3) is 0 Å². The Kier molecular flexibility index (Phi) is 2.68. The fourth-order valence-corrected chi connectivity index (χ4v) is 2.29. The topological polar surface area (TPSA) is 43.8 Å². The van der Waals surface area contributed by atoms with Gasteiger partial charge in [0.2, 0.25) is 0 Å². The van der Waals surface area contributed by atoms with E-state index in [0.717, 1.165) is 18.2 Å². The lowest BCUT2D eigenvalue weighted by Gasteiger charge is -2.09. The van der Waals surface area contributed by atoms with Gasteiger partial charge in [-0.25, -0.2) is 4.68 Å². The van der Waals surface area contributed by atoms with E-state index in [-0.39, 0.29) is 0 Å². The number of aryl methyl sites for hydroxylation is 1.